The predicted octanol–water partition coefficient (Wildman–Crippen LogP) is 6.47. The molecule has 7 rings (SSSR count). The minimum Gasteiger partial charge on any atom is -0.459 e. The number of aromatic nitrogens is 4. The fourth-order valence-corrected chi connectivity index (χ4v) is 13.1. The number of ether oxygens (including phenoxy) is 7. The molecule has 1 aliphatic carbocycles. The number of rotatable bonds is 12. The summed E-state index contributed by atoms with van der Waals surface area (Å²) in [5.41, 5.74) is 10.2. The minimum absolute atomic E-state index is 0.0101. The number of aliphatic hydroxyl groups excluding tert-OH is 1. The molecule has 0 radical (unpaired) electrons. The van der Waals surface area contributed by atoms with Gasteiger partial charge in [-0.05, 0) is 114 Å². The van der Waals surface area contributed by atoms with Gasteiger partial charge < -0.3 is 69.1 Å². The number of hydrogen-bond acceptors (Lipinski definition) is 21. The van der Waals surface area contributed by atoms with E-state index >= 15 is 0 Å². The molecule has 0 aromatic carbocycles. The standard InChI is InChI=1S/C66H99N9O14/c1-40-17-13-12-14-18-42(3)53(83-8)33-49-22-20-46(7)66(82,89-49)60(78)61(79)75-24-16-15-19-51(75)62(80)87-55(34-54(84-9)43(4)30-45(6)58(77)59(86-11)57(76)44(5)29-40)50(67)31-47-21-23-52(56(32-47)85-10)88-65(81)72-39-48-37-70-64(71-38-48)74-27-25-73(26-28-74)63-68-35-41(2)36-69-63/h12-14,17-18,30,35-38,40,43-44,46-47,49-56,58-59,77,82H,15-16,19-29,31-34,39,67H2,1-11H3,(H,72,81)/b14-12+,17-13+,42-18+,45-30+/t40-,43-,44-,46-,47+,49+,50-,51+,52-,53+,54-,55+,56-,58-,59+,66-/m1/s1. The number of anilines is 2. The maximum atomic E-state index is 14.8. The molecule has 89 heavy (non-hydrogen) atoms. The second-order valence-electron chi connectivity index (χ2n) is 25.3. The molecule has 5 N–H and O–H groups in total. The topological polar surface area (TPSA) is 290 Å². The van der Waals surface area contributed by atoms with Crippen molar-refractivity contribution in [2.75, 3.05) is 71.0 Å². The Hall–Kier alpha value is -6.05. The van der Waals surface area contributed by atoms with Crippen molar-refractivity contribution in [1.29, 1.82) is 0 Å². The number of ketones is 2. The summed E-state index contributed by atoms with van der Waals surface area (Å²) in [6, 6.07) is -1.97. The molecule has 16 atom stereocenters. The highest BCUT2D eigenvalue weighted by Crippen LogP contribution is 2.38. The summed E-state index contributed by atoms with van der Waals surface area (Å²) in [6.45, 7) is 16.1. The van der Waals surface area contributed by atoms with Crippen LogP contribution in [-0.4, -0.2) is 192 Å². The average molecular weight is 1240 g/mol. The smallest absolute Gasteiger partial charge is 0.407 e. The van der Waals surface area contributed by atoms with Crippen LogP contribution in [-0.2, 0) is 58.9 Å². The van der Waals surface area contributed by atoms with Crippen molar-refractivity contribution in [2.45, 2.75) is 199 Å². The normalized spacial score (nSPS) is 34.4. The molecule has 2 aromatic rings. The molecule has 0 unspecified atom stereocenters. The highest BCUT2D eigenvalue weighted by atomic mass is 16.6. The average Bonchev–Trinajstić information content (AvgIpc) is 3.13. The zero-order valence-corrected chi connectivity index (χ0v) is 54.2. The first-order valence-electron chi connectivity index (χ1n) is 31.9. The van der Waals surface area contributed by atoms with Crippen LogP contribution in [0.5, 0.6) is 0 Å². The number of Topliss-reactive ketones (excluding diaryl/α,β-unsaturated/α-hetero) is 2. The monoisotopic (exact) mass is 1240 g/mol. The van der Waals surface area contributed by atoms with Crippen LogP contribution in [0.4, 0.5) is 16.7 Å². The van der Waals surface area contributed by atoms with Crippen LogP contribution < -0.4 is 20.9 Å². The van der Waals surface area contributed by atoms with Crippen LogP contribution in [0.1, 0.15) is 130 Å². The maximum absolute atomic E-state index is 14.8. The van der Waals surface area contributed by atoms with Crippen LogP contribution in [0.25, 0.3) is 0 Å². The number of fused-ring (bicyclic) bond motifs is 3. The van der Waals surface area contributed by atoms with E-state index in [9.17, 15) is 34.2 Å². The number of cyclic esters (lactones) is 1. The van der Waals surface area contributed by atoms with E-state index in [-0.39, 0.29) is 43.6 Å². The molecular formula is C66H99N9O14. The predicted molar refractivity (Wildman–Crippen MR) is 334 cm³/mol. The molecule has 6 heterocycles. The number of aryl methyl sites for hydroxylation is 1. The van der Waals surface area contributed by atoms with E-state index in [0.29, 0.717) is 100 Å². The third kappa shape index (κ3) is 18.8. The summed E-state index contributed by atoms with van der Waals surface area (Å²) in [4.78, 5) is 94.6. The number of amides is 2. The first-order chi connectivity index (χ1) is 42.6. The maximum Gasteiger partial charge on any atom is 0.407 e. The third-order valence-electron chi connectivity index (χ3n) is 18.7. The molecule has 3 saturated heterocycles. The number of piperidine rings is 1. The Morgan fingerprint density at radius 3 is 2.06 bits per heavy atom. The Balaban J connectivity index is 1.05. The highest BCUT2D eigenvalue weighted by Gasteiger charge is 2.53. The fraction of sp³-hybridized carbons (Fsp3) is 0.682. The van der Waals surface area contributed by atoms with Crippen molar-refractivity contribution in [2.24, 2.45) is 35.3 Å². The Bertz CT molecular complexity index is 2780. The Morgan fingerprint density at radius 1 is 0.753 bits per heavy atom. The van der Waals surface area contributed by atoms with E-state index in [0.717, 1.165) is 24.2 Å². The van der Waals surface area contributed by atoms with Gasteiger partial charge in [0, 0.05) is 135 Å². The largest absolute Gasteiger partial charge is 0.459 e. The number of hydrogen-bond donors (Lipinski definition) is 4. The Kier molecular flexibility index (Phi) is 26.4. The number of alkyl carbamates (subject to hydrolysis) is 1. The molecule has 4 fully saturated rings. The molecule has 2 amide bonds. The zero-order valence-electron chi connectivity index (χ0n) is 54.2. The van der Waals surface area contributed by atoms with Crippen LogP contribution in [0.2, 0.25) is 0 Å². The summed E-state index contributed by atoms with van der Waals surface area (Å²) in [5, 5.41) is 26.7. The Labute approximate surface area is 525 Å². The van der Waals surface area contributed by atoms with Crippen molar-refractivity contribution in [3.05, 3.63) is 83.5 Å². The first-order valence-corrected chi connectivity index (χ1v) is 31.9. The van der Waals surface area contributed by atoms with E-state index in [1.165, 1.54) is 19.1 Å². The van der Waals surface area contributed by atoms with E-state index in [4.69, 9.17) is 38.9 Å². The molecule has 23 heteroatoms. The van der Waals surface area contributed by atoms with Gasteiger partial charge in [-0.2, -0.15) is 0 Å². The summed E-state index contributed by atoms with van der Waals surface area (Å²) in [7, 11) is 6.09. The molecule has 23 nitrogen and oxygen atoms in total. The first kappa shape index (κ1) is 70.4. The van der Waals surface area contributed by atoms with Crippen molar-refractivity contribution in [3.63, 3.8) is 0 Å². The minimum atomic E-state index is -2.46. The molecule has 4 aliphatic heterocycles. The number of nitrogens with two attached hydrogens (primary N) is 1. The van der Waals surface area contributed by atoms with Crippen LogP contribution in [0.3, 0.4) is 0 Å². The van der Waals surface area contributed by atoms with E-state index < -0.39 is 108 Å². The molecule has 1 saturated carbocycles. The van der Waals surface area contributed by atoms with Crippen molar-refractivity contribution >= 4 is 41.4 Å². The number of aliphatic hydroxyl groups is 2. The van der Waals surface area contributed by atoms with Gasteiger partial charge in [0.2, 0.25) is 17.7 Å². The highest BCUT2D eigenvalue weighted by molar-refractivity contribution is 6.39. The van der Waals surface area contributed by atoms with Gasteiger partial charge in [0.15, 0.2) is 5.78 Å². The lowest BCUT2D eigenvalue weighted by atomic mass is 9.80. The van der Waals surface area contributed by atoms with Gasteiger partial charge in [0.25, 0.3) is 11.7 Å². The number of nitrogens with zero attached hydrogens (tertiary/aromatic N) is 7. The van der Waals surface area contributed by atoms with Crippen molar-refractivity contribution in [1.82, 2.24) is 30.2 Å². The lowest BCUT2D eigenvalue weighted by Crippen LogP contribution is -2.61. The van der Waals surface area contributed by atoms with Gasteiger partial charge in [-0.15, -0.1) is 0 Å². The summed E-state index contributed by atoms with van der Waals surface area (Å²) in [6.07, 6.45) is 16.6. The molecule has 0 spiro atoms. The van der Waals surface area contributed by atoms with Gasteiger partial charge in [0.05, 0.1) is 24.4 Å². The molecule has 2 bridgehead atoms. The molecule has 492 valence electrons. The Morgan fingerprint density at radius 2 is 1.42 bits per heavy atom. The number of esters is 1. The van der Waals surface area contributed by atoms with Gasteiger partial charge >= 0.3 is 12.1 Å². The van der Waals surface area contributed by atoms with Gasteiger partial charge in [0.1, 0.15) is 30.5 Å². The summed E-state index contributed by atoms with van der Waals surface area (Å²) < 4.78 is 42.3. The van der Waals surface area contributed by atoms with Crippen LogP contribution >= 0.6 is 0 Å². The van der Waals surface area contributed by atoms with Gasteiger partial charge in [-0.1, -0.05) is 64.2 Å². The number of carbonyl (C=O) groups excluding carboxylic acids is 5. The summed E-state index contributed by atoms with van der Waals surface area (Å²) in [5.74, 6) is -6.01. The fourth-order valence-electron chi connectivity index (χ4n) is 13.1. The number of allylic oxidation sites excluding steroid dienone is 5. The number of nitrogens with one attached hydrogen (secondary N) is 1. The van der Waals surface area contributed by atoms with E-state index in [1.54, 1.807) is 40.5 Å². The second kappa shape index (κ2) is 33.3. The van der Waals surface area contributed by atoms with E-state index in [1.807, 2.05) is 83.5 Å². The van der Waals surface area contributed by atoms with Crippen LogP contribution in [0, 0.1) is 36.5 Å². The lowest BCUT2D eigenvalue weighted by Gasteiger charge is -2.43. The van der Waals surface area contributed by atoms with E-state index in [2.05, 4.69) is 35.1 Å². The van der Waals surface area contributed by atoms with Gasteiger partial charge in [-0.25, -0.2) is 29.5 Å². The van der Waals surface area contributed by atoms with Crippen molar-refractivity contribution in [3.8, 4) is 0 Å². The van der Waals surface area contributed by atoms with Crippen LogP contribution in [0.15, 0.2) is 72.4 Å². The molecule has 5 aliphatic rings. The van der Waals surface area contributed by atoms with Gasteiger partial charge in [-0.3, -0.25) is 14.4 Å². The quantitative estimate of drug-likeness (QED) is 0.101. The number of piperazine rings is 1. The zero-order chi connectivity index (χ0) is 64.5. The lowest BCUT2D eigenvalue weighted by molar-refractivity contribution is -0.265. The SMILES string of the molecule is CO[C@H]1C[C@@H]2CC[C@@H](C)[C@@](O)(O2)C(=O)C(=O)N2CCCC[C@H]2C(=O)O[C@H]([C@H](N)C[C@@H]2CC[C@@H](OC(=O)NCc3cnc(N4CCN(c5ncc(C)cn5)CC4)nc3)[C@H](OC)C2)C[C@@H](OC)[C@H](C)/C=C(\C)[C@@H](O)[C@@H](OC)C(=O)[C@H](C)C[C@H](C)/C=C/C=C/C=C/1C. The second-order valence-corrected chi connectivity index (χ2v) is 25.3. The number of methoxy groups -OCH3 is 4. The summed E-state index contributed by atoms with van der Waals surface area (Å²) >= 11 is 0. The third-order valence-corrected chi connectivity index (χ3v) is 18.7. The van der Waals surface area contributed by atoms with Crippen molar-refractivity contribution < 1.29 is 67.3 Å². The molecular weight excluding hydrogens is 1140 g/mol. The number of carbonyl (C=O) groups is 5. The molecule has 2 aromatic heterocycles.